The van der Waals surface area contributed by atoms with Crippen LogP contribution < -0.4 is 9.47 Å². The third-order valence-electron chi connectivity index (χ3n) is 8.03. The zero-order chi connectivity index (χ0) is 30.8. The Balaban J connectivity index is 1.54. The van der Waals surface area contributed by atoms with Gasteiger partial charge in [0.2, 0.25) is 0 Å². The summed E-state index contributed by atoms with van der Waals surface area (Å²) in [6.45, 7) is 3.08. The predicted octanol–water partition coefficient (Wildman–Crippen LogP) is 5.87. The second-order valence-electron chi connectivity index (χ2n) is 10.6. The van der Waals surface area contributed by atoms with Crippen molar-refractivity contribution in [2.24, 2.45) is 7.05 Å². The van der Waals surface area contributed by atoms with Crippen molar-refractivity contribution in [3.05, 3.63) is 94.0 Å². The van der Waals surface area contributed by atoms with Crippen molar-refractivity contribution in [2.75, 3.05) is 27.4 Å². The number of aromatic nitrogens is 3. The molecule has 3 aromatic heterocycles. The number of carbonyl (C=O) groups excluding carboxylic acids is 2. The molecule has 9 nitrogen and oxygen atoms in total. The molecule has 0 saturated heterocycles. The highest BCUT2D eigenvalue weighted by atomic mass is 32.1. The fraction of sp³-hybridized carbons (Fsp3) is 0.294. The van der Waals surface area contributed by atoms with Gasteiger partial charge in [-0.05, 0) is 55.2 Å². The van der Waals surface area contributed by atoms with Crippen LogP contribution in [-0.2, 0) is 37.6 Å². The summed E-state index contributed by atoms with van der Waals surface area (Å²) in [6, 6.07) is 15.1. The summed E-state index contributed by atoms with van der Waals surface area (Å²) in [5, 5.41) is 0.924. The first-order valence-electron chi connectivity index (χ1n) is 14.6. The van der Waals surface area contributed by atoms with Gasteiger partial charge in [-0.2, -0.15) is 0 Å². The monoisotopic (exact) mass is 610 g/mol. The molecule has 6 rings (SSSR count). The van der Waals surface area contributed by atoms with E-state index in [1.165, 1.54) is 0 Å². The first-order chi connectivity index (χ1) is 21.4. The number of pyridine rings is 1. The van der Waals surface area contributed by atoms with Crippen molar-refractivity contribution in [1.82, 2.24) is 19.4 Å². The van der Waals surface area contributed by atoms with Crippen molar-refractivity contribution >= 4 is 33.4 Å². The van der Waals surface area contributed by atoms with Crippen LogP contribution in [0.4, 0.5) is 0 Å². The topological polar surface area (TPSA) is 95.8 Å². The van der Waals surface area contributed by atoms with Gasteiger partial charge >= 0.3 is 5.97 Å². The van der Waals surface area contributed by atoms with Crippen LogP contribution in [0.3, 0.4) is 0 Å². The van der Waals surface area contributed by atoms with Gasteiger partial charge < -0.3 is 23.7 Å². The predicted molar refractivity (Wildman–Crippen MR) is 170 cm³/mol. The smallest absolute Gasteiger partial charge is 0.340 e. The number of fused-ring (bicyclic) bond motifs is 3. The quantitative estimate of drug-likeness (QED) is 0.193. The maximum atomic E-state index is 13.8. The number of hydrogen-bond donors (Lipinski definition) is 0. The third-order valence-corrected chi connectivity index (χ3v) is 9.14. The lowest BCUT2D eigenvalue weighted by molar-refractivity contribution is 0.0525. The number of carbonyl (C=O) groups is 2. The molecule has 0 radical (unpaired) electrons. The highest BCUT2D eigenvalue weighted by molar-refractivity contribution is 7.19. The van der Waals surface area contributed by atoms with Crippen LogP contribution in [0.15, 0.2) is 60.9 Å². The standard InChI is InChI=1S/C34H34N4O5S/c1-5-43-34(40)31-24(12-14-28-35-16-18-37(28)2)36-32-30(29(31)22-11-13-25(41-3)26(19-22)42-4)23-15-17-38(20-27(23)44-32)33(39)21-9-7-6-8-10-21/h6-11,13,16,18-19H,5,12,14-15,17,20H2,1-4H3. The molecule has 0 saturated carbocycles. The van der Waals surface area contributed by atoms with Crippen LogP contribution in [0, 0.1) is 0 Å². The van der Waals surface area contributed by atoms with Crippen molar-refractivity contribution in [2.45, 2.75) is 32.7 Å². The van der Waals surface area contributed by atoms with E-state index in [2.05, 4.69) is 4.98 Å². The number of benzene rings is 2. The molecule has 1 aliphatic rings. The summed E-state index contributed by atoms with van der Waals surface area (Å²) in [4.78, 5) is 40.6. The van der Waals surface area contributed by atoms with E-state index < -0.39 is 5.97 Å². The molecule has 10 heteroatoms. The Hall–Kier alpha value is -4.70. The maximum Gasteiger partial charge on any atom is 0.340 e. The van der Waals surface area contributed by atoms with Gasteiger partial charge in [0.15, 0.2) is 11.5 Å². The molecule has 1 aliphatic heterocycles. The second kappa shape index (κ2) is 12.5. The fourth-order valence-electron chi connectivity index (χ4n) is 5.86. The number of ether oxygens (including phenoxy) is 3. The Morgan fingerprint density at radius 2 is 1.82 bits per heavy atom. The first-order valence-corrected chi connectivity index (χ1v) is 15.4. The largest absolute Gasteiger partial charge is 0.493 e. The SMILES string of the molecule is CCOC(=O)c1c(CCc2nccn2C)nc2sc3c(c2c1-c1ccc(OC)c(OC)c1)CCN(C(=O)c1ccccc1)C3. The summed E-state index contributed by atoms with van der Waals surface area (Å²) < 4.78 is 18.8. The molecule has 0 atom stereocenters. The fourth-order valence-corrected chi connectivity index (χ4v) is 7.13. The third kappa shape index (κ3) is 5.41. The van der Waals surface area contributed by atoms with Crippen LogP contribution in [0.2, 0.25) is 0 Å². The molecule has 0 unspecified atom stereocenters. The first kappa shape index (κ1) is 29.4. The molecule has 0 N–H and O–H groups in total. The summed E-state index contributed by atoms with van der Waals surface area (Å²) in [7, 11) is 5.15. The normalized spacial score (nSPS) is 12.7. The second-order valence-corrected chi connectivity index (χ2v) is 11.7. The van der Waals surface area contributed by atoms with E-state index in [4.69, 9.17) is 19.2 Å². The molecule has 0 aliphatic carbocycles. The van der Waals surface area contributed by atoms with Crippen molar-refractivity contribution in [3.63, 3.8) is 0 Å². The number of aryl methyl sites for hydroxylation is 3. The number of hydrogen-bond acceptors (Lipinski definition) is 8. The summed E-state index contributed by atoms with van der Waals surface area (Å²) >= 11 is 1.58. The number of methoxy groups -OCH3 is 2. The lowest BCUT2D eigenvalue weighted by Crippen LogP contribution is -2.35. The van der Waals surface area contributed by atoms with Crippen LogP contribution in [0.1, 0.15) is 49.6 Å². The summed E-state index contributed by atoms with van der Waals surface area (Å²) in [5.74, 6) is 1.64. The van der Waals surface area contributed by atoms with Gasteiger partial charge in [0.1, 0.15) is 10.7 Å². The van der Waals surface area contributed by atoms with Crippen LogP contribution in [0.25, 0.3) is 21.3 Å². The Labute approximate surface area is 260 Å². The van der Waals surface area contributed by atoms with E-state index in [0.717, 1.165) is 37.6 Å². The highest BCUT2D eigenvalue weighted by Gasteiger charge is 2.31. The Morgan fingerprint density at radius 1 is 1.02 bits per heavy atom. The number of thiophene rings is 1. The van der Waals surface area contributed by atoms with Gasteiger partial charge in [-0.15, -0.1) is 11.3 Å². The molecule has 0 spiro atoms. The highest BCUT2D eigenvalue weighted by Crippen LogP contribution is 2.44. The molecule has 0 fully saturated rings. The average molecular weight is 611 g/mol. The lowest BCUT2D eigenvalue weighted by Gasteiger charge is -2.27. The molecule has 0 bridgehead atoms. The molecule has 44 heavy (non-hydrogen) atoms. The number of esters is 1. The molecule has 2 aromatic carbocycles. The number of amides is 1. The zero-order valence-corrected chi connectivity index (χ0v) is 26.1. The van der Waals surface area contributed by atoms with E-state index >= 15 is 0 Å². The number of rotatable bonds is 9. The summed E-state index contributed by atoms with van der Waals surface area (Å²) in [5.41, 5.74) is 4.45. The molecule has 5 aromatic rings. The molecule has 1 amide bonds. The minimum Gasteiger partial charge on any atom is -0.493 e. The number of imidazole rings is 1. The lowest BCUT2D eigenvalue weighted by atomic mass is 9.90. The minimum atomic E-state index is -0.418. The van der Waals surface area contributed by atoms with Gasteiger partial charge in [0.25, 0.3) is 5.91 Å². The van der Waals surface area contributed by atoms with E-state index in [-0.39, 0.29) is 12.5 Å². The summed E-state index contributed by atoms with van der Waals surface area (Å²) in [6.07, 6.45) is 5.41. The van der Waals surface area contributed by atoms with E-state index in [1.54, 1.807) is 38.7 Å². The number of nitrogens with zero attached hydrogens (tertiary/aromatic N) is 4. The van der Waals surface area contributed by atoms with Crippen LogP contribution in [-0.4, -0.2) is 58.7 Å². The average Bonchev–Trinajstić information content (AvgIpc) is 3.64. The minimum absolute atomic E-state index is 0.00440. The van der Waals surface area contributed by atoms with E-state index in [9.17, 15) is 9.59 Å². The van der Waals surface area contributed by atoms with Crippen molar-refractivity contribution in [1.29, 1.82) is 0 Å². The Morgan fingerprint density at radius 3 is 2.52 bits per heavy atom. The van der Waals surface area contributed by atoms with Crippen molar-refractivity contribution in [3.8, 4) is 22.6 Å². The van der Waals surface area contributed by atoms with Crippen LogP contribution in [0.5, 0.6) is 11.5 Å². The van der Waals surface area contributed by atoms with E-state index in [0.29, 0.717) is 60.7 Å². The van der Waals surface area contributed by atoms with Crippen molar-refractivity contribution < 1.29 is 23.8 Å². The van der Waals surface area contributed by atoms with E-state index in [1.807, 2.05) is 71.2 Å². The Kier molecular flexibility index (Phi) is 8.34. The maximum absolute atomic E-state index is 13.8. The van der Waals surface area contributed by atoms with Gasteiger partial charge in [0, 0.05) is 53.8 Å². The molecule has 4 heterocycles. The van der Waals surface area contributed by atoms with Gasteiger partial charge in [0.05, 0.1) is 38.6 Å². The zero-order valence-electron chi connectivity index (χ0n) is 25.3. The van der Waals surface area contributed by atoms with Crippen LogP contribution >= 0.6 is 11.3 Å². The Bertz CT molecular complexity index is 1850. The van der Waals surface area contributed by atoms with Gasteiger partial charge in [-0.3, -0.25) is 4.79 Å². The molecular weight excluding hydrogens is 576 g/mol. The molecular formula is C34H34N4O5S. The van der Waals surface area contributed by atoms with Gasteiger partial charge in [-0.25, -0.2) is 14.8 Å². The molecule has 226 valence electrons. The van der Waals surface area contributed by atoms with Gasteiger partial charge in [-0.1, -0.05) is 24.3 Å².